The molecule has 0 aliphatic heterocycles. The van der Waals surface area contributed by atoms with Gasteiger partial charge < -0.3 is 15.0 Å². The summed E-state index contributed by atoms with van der Waals surface area (Å²) in [4.78, 5) is 11.8. The van der Waals surface area contributed by atoms with Crippen molar-refractivity contribution >= 4 is 5.69 Å². The highest BCUT2D eigenvalue weighted by atomic mass is 16.5. The fourth-order valence-electron chi connectivity index (χ4n) is 1.80. The summed E-state index contributed by atoms with van der Waals surface area (Å²) in [6.07, 6.45) is 1.67. The molecule has 0 bridgehead atoms. The van der Waals surface area contributed by atoms with E-state index in [4.69, 9.17) is 15.7 Å². The van der Waals surface area contributed by atoms with E-state index in [1.807, 2.05) is 6.07 Å². The van der Waals surface area contributed by atoms with E-state index >= 15 is 0 Å². The first-order valence-electron chi connectivity index (χ1n) is 5.67. The van der Waals surface area contributed by atoms with Crippen LogP contribution in [-0.4, -0.2) is 11.7 Å². The van der Waals surface area contributed by atoms with Crippen molar-refractivity contribution < 1.29 is 4.74 Å². The van der Waals surface area contributed by atoms with Crippen molar-refractivity contribution in [2.75, 3.05) is 12.8 Å². The molecule has 2 rings (SSSR count). The van der Waals surface area contributed by atoms with Crippen LogP contribution in [0.15, 0.2) is 41.3 Å². The van der Waals surface area contributed by atoms with Gasteiger partial charge in [0.1, 0.15) is 11.8 Å². The van der Waals surface area contributed by atoms with E-state index in [-0.39, 0.29) is 11.2 Å². The van der Waals surface area contributed by atoms with Crippen molar-refractivity contribution in [3.05, 3.63) is 58.0 Å². The first-order chi connectivity index (χ1) is 9.15. The Hall–Kier alpha value is -2.74. The molecular weight excluding hydrogens is 242 g/mol. The Morgan fingerprint density at radius 2 is 2.21 bits per heavy atom. The highest BCUT2D eigenvalue weighted by Gasteiger charge is 2.05. The largest absolute Gasteiger partial charge is 0.495 e. The molecule has 2 N–H and O–H groups in total. The average molecular weight is 255 g/mol. The standard InChI is InChI=1S/C14H13N3O2/c1-19-13-7-10(4-5-11(13)8-15)9-17-6-2-3-12(16)14(17)18/h2-7H,9,16H2,1H3. The number of nitrogens with zero attached hydrogens (tertiary/aromatic N) is 2. The lowest BCUT2D eigenvalue weighted by Crippen LogP contribution is -2.22. The average Bonchev–Trinajstić information content (AvgIpc) is 2.43. The van der Waals surface area contributed by atoms with E-state index in [1.54, 1.807) is 36.5 Å². The van der Waals surface area contributed by atoms with Crippen LogP contribution in [0.4, 0.5) is 5.69 Å². The van der Waals surface area contributed by atoms with Gasteiger partial charge in [-0.1, -0.05) is 6.07 Å². The number of nitriles is 1. The van der Waals surface area contributed by atoms with Crippen molar-refractivity contribution in [3.8, 4) is 11.8 Å². The maximum Gasteiger partial charge on any atom is 0.273 e. The molecule has 0 saturated carbocycles. The fourth-order valence-corrected chi connectivity index (χ4v) is 1.80. The van der Waals surface area contributed by atoms with Crippen LogP contribution in [0.5, 0.6) is 5.75 Å². The van der Waals surface area contributed by atoms with Crippen molar-refractivity contribution in [2.24, 2.45) is 0 Å². The van der Waals surface area contributed by atoms with Gasteiger partial charge in [-0.05, 0) is 29.8 Å². The van der Waals surface area contributed by atoms with Crippen LogP contribution in [0.25, 0.3) is 0 Å². The van der Waals surface area contributed by atoms with E-state index in [0.717, 1.165) is 5.56 Å². The SMILES string of the molecule is COc1cc(Cn2cccc(N)c2=O)ccc1C#N. The zero-order chi connectivity index (χ0) is 13.8. The van der Waals surface area contributed by atoms with Gasteiger partial charge in [0.25, 0.3) is 5.56 Å². The molecule has 0 aliphatic carbocycles. The van der Waals surface area contributed by atoms with E-state index in [2.05, 4.69) is 0 Å². The number of hydrogen-bond acceptors (Lipinski definition) is 4. The number of pyridine rings is 1. The molecule has 96 valence electrons. The molecule has 5 heteroatoms. The van der Waals surface area contributed by atoms with Crippen LogP contribution in [0.2, 0.25) is 0 Å². The third-order valence-corrected chi connectivity index (χ3v) is 2.79. The molecule has 0 radical (unpaired) electrons. The summed E-state index contributed by atoms with van der Waals surface area (Å²) in [5.41, 5.74) is 6.88. The van der Waals surface area contributed by atoms with Gasteiger partial charge in [0, 0.05) is 6.20 Å². The second-order valence-electron chi connectivity index (χ2n) is 4.04. The highest BCUT2D eigenvalue weighted by molar-refractivity contribution is 5.45. The summed E-state index contributed by atoms with van der Waals surface area (Å²) in [7, 11) is 1.51. The maximum atomic E-state index is 11.8. The Morgan fingerprint density at radius 3 is 2.89 bits per heavy atom. The van der Waals surface area contributed by atoms with Crippen molar-refractivity contribution in [1.29, 1.82) is 5.26 Å². The normalized spacial score (nSPS) is 9.89. The second-order valence-corrected chi connectivity index (χ2v) is 4.04. The first kappa shape index (κ1) is 12.7. The Bertz CT molecular complexity index is 699. The van der Waals surface area contributed by atoms with E-state index < -0.39 is 0 Å². The van der Waals surface area contributed by atoms with Gasteiger partial charge >= 0.3 is 0 Å². The van der Waals surface area contributed by atoms with Crippen LogP contribution in [0, 0.1) is 11.3 Å². The summed E-state index contributed by atoms with van der Waals surface area (Å²) in [5.74, 6) is 0.497. The van der Waals surface area contributed by atoms with E-state index in [9.17, 15) is 4.79 Å². The quantitative estimate of drug-likeness (QED) is 0.897. The van der Waals surface area contributed by atoms with Gasteiger partial charge in [0.15, 0.2) is 0 Å². The van der Waals surface area contributed by atoms with Crippen LogP contribution < -0.4 is 16.0 Å². The Balaban J connectivity index is 2.37. The molecule has 1 aromatic carbocycles. The van der Waals surface area contributed by atoms with Crippen molar-refractivity contribution in [2.45, 2.75) is 6.54 Å². The fraction of sp³-hybridized carbons (Fsp3) is 0.143. The summed E-state index contributed by atoms with van der Waals surface area (Å²) in [6.45, 7) is 0.381. The topological polar surface area (TPSA) is 81.0 Å². The van der Waals surface area contributed by atoms with Gasteiger partial charge in [0.2, 0.25) is 0 Å². The number of nitrogens with two attached hydrogens (primary N) is 1. The minimum atomic E-state index is -0.231. The molecule has 0 atom stereocenters. The molecule has 0 unspecified atom stereocenters. The second kappa shape index (κ2) is 5.27. The minimum absolute atomic E-state index is 0.211. The number of ether oxygens (including phenoxy) is 1. The summed E-state index contributed by atoms with van der Waals surface area (Å²) >= 11 is 0. The lowest BCUT2D eigenvalue weighted by atomic mass is 10.1. The molecule has 0 spiro atoms. The third-order valence-electron chi connectivity index (χ3n) is 2.79. The molecule has 0 saturated heterocycles. The predicted molar refractivity (Wildman–Crippen MR) is 71.9 cm³/mol. The Labute approximate surface area is 110 Å². The van der Waals surface area contributed by atoms with Crippen LogP contribution in [0.1, 0.15) is 11.1 Å². The molecule has 19 heavy (non-hydrogen) atoms. The van der Waals surface area contributed by atoms with Gasteiger partial charge in [-0.25, -0.2) is 0 Å². The number of hydrogen-bond donors (Lipinski definition) is 1. The number of nitrogen functional groups attached to an aromatic ring is 1. The lowest BCUT2D eigenvalue weighted by molar-refractivity contribution is 0.413. The number of anilines is 1. The zero-order valence-corrected chi connectivity index (χ0v) is 10.5. The van der Waals surface area contributed by atoms with Crippen LogP contribution in [-0.2, 0) is 6.54 Å². The minimum Gasteiger partial charge on any atom is -0.495 e. The van der Waals surface area contributed by atoms with Crippen molar-refractivity contribution in [1.82, 2.24) is 4.57 Å². The lowest BCUT2D eigenvalue weighted by Gasteiger charge is -2.09. The predicted octanol–water partition coefficient (Wildman–Crippen LogP) is 1.36. The van der Waals surface area contributed by atoms with Crippen molar-refractivity contribution in [3.63, 3.8) is 0 Å². The monoisotopic (exact) mass is 255 g/mol. The van der Waals surface area contributed by atoms with Gasteiger partial charge in [-0.15, -0.1) is 0 Å². The molecule has 0 fully saturated rings. The molecule has 5 nitrogen and oxygen atoms in total. The maximum absolute atomic E-state index is 11.8. The smallest absolute Gasteiger partial charge is 0.273 e. The number of rotatable bonds is 3. The Morgan fingerprint density at radius 1 is 1.42 bits per heavy atom. The van der Waals surface area contributed by atoms with Gasteiger partial charge in [0.05, 0.1) is 24.9 Å². The molecule has 0 amide bonds. The number of benzene rings is 1. The Kier molecular flexibility index (Phi) is 3.53. The number of methoxy groups -OCH3 is 1. The van der Waals surface area contributed by atoms with Crippen LogP contribution >= 0.6 is 0 Å². The molecule has 0 aliphatic rings. The van der Waals surface area contributed by atoms with Gasteiger partial charge in [-0.2, -0.15) is 5.26 Å². The zero-order valence-electron chi connectivity index (χ0n) is 10.5. The third kappa shape index (κ3) is 2.58. The van der Waals surface area contributed by atoms with E-state index in [1.165, 1.54) is 11.7 Å². The molecule has 2 aromatic rings. The summed E-state index contributed by atoms with van der Waals surface area (Å²) in [6, 6.07) is 10.5. The molecule has 1 aromatic heterocycles. The van der Waals surface area contributed by atoms with Gasteiger partial charge in [-0.3, -0.25) is 4.79 Å². The van der Waals surface area contributed by atoms with E-state index in [0.29, 0.717) is 17.9 Å². The summed E-state index contributed by atoms with van der Waals surface area (Å²) in [5, 5.41) is 8.91. The first-order valence-corrected chi connectivity index (χ1v) is 5.67. The highest BCUT2D eigenvalue weighted by Crippen LogP contribution is 2.19. The summed E-state index contributed by atoms with van der Waals surface area (Å²) < 4.78 is 6.64. The number of aromatic nitrogens is 1. The molecule has 1 heterocycles. The van der Waals surface area contributed by atoms with Crippen LogP contribution in [0.3, 0.4) is 0 Å². The molecular formula is C14H13N3O2.